The molecule has 0 bridgehead atoms. The van der Waals surface area contributed by atoms with E-state index in [2.05, 4.69) is 165 Å². The van der Waals surface area contributed by atoms with Crippen molar-refractivity contribution in [3.8, 4) is 0 Å². The molecular weight excluding hydrogens is 996 g/mol. The number of allylic oxidation sites excluding steroid dienone is 25. The summed E-state index contributed by atoms with van der Waals surface area (Å²) in [7, 11) is 1.51. The number of carbonyl (C=O) groups excluding carboxylic acids is 1. The molecule has 0 heterocycles. The molecule has 8 nitrogen and oxygen atoms in total. The molecule has 0 saturated carbocycles. The van der Waals surface area contributed by atoms with E-state index in [0.29, 0.717) is 23.9 Å². The molecule has 0 aliphatic carbocycles. The summed E-state index contributed by atoms with van der Waals surface area (Å²) in [5.41, 5.74) is 0. The average Bonchev–Trinajstić information content (AvgIpc) is 3.42. The number of aliphatic hydroxyl groups excluding tert-OH is 1. The third-order valence-corrected chi connectivity index (χ3v) is 14.0. The van der Waals surface area contributed by atoms with Crippen LogP contribution in [0.5, 0.6) is 0 Å². The van der Waals surface area contributed by atoms with Crippen molar-refractivity contribution in [1.82, 2.24) is 5.32 Å². The number of unbranched alkanes of at least 4 members (excludes halogenated alkanes) is 18. The molecule has 3 atom stereocenters. The van der Waals surface area contributed by atoms with Gasteiger partial charge in [0.1, 0.15) is 13.2 Å². The minimum atomic E-state index is -4.38. The third-order valence-electron chi connectivity index (χ3n) is 13.0. The molecular formula is C70H118N2O6P+. The van der Waals surface area contributed by atoms with Gasteiger partial charge in [0.25, 0.3) is 0 Å². The summed E-state index contributed by atoms with van der Waals surface area (Å²) in [6.45, 7) is 4.64. The van der Waals surface area contributed by atoms with Crippen LogP contribution in [0.3, 0.4) is 0 Å². The number of aliphatic hydroxyl groups is 1. The van der Waals surface area contributed by atoms with Crippen molar-refractivity contribution in [3.63, 3.8) is 0 Å². The summed E-state index contributed by atoms with van der Waals surface area (Å²) in [5.74, 6) is -0.225. The molecule has 1 amide bonds. The molecule has 3 N–H and O–H groups in total. The van der Waals surface area contributed by atoms with Crippen LogP contribution in [0.4, 0.5) is 0 Å². The Morgan fingerprint density at radius 1 is 0.443 bits per heavy atom. The monoisotopic (exact) mass is 1110 g/mol. The Morgan fingerprint density at radius 2 is 0.772 bits per heavy atom. The molecule has 0 radical (unpaired) electrons. The zero-order chi connectivity index (χ0) is 57.7. The number of carbonyl (C=O) groups is 1. The van der Waals surface area contributed by atoms with Gasteiger partial charge in [-0.1, -0.05) is 262 Å². The van der Waals surface area contributed by atoms with Crippen LogP contribution in [-0.2, 0) is 18.4 Å². The highest BCUT2D eigenvalue weighted by molar-refractivity contribution is 7.47. The topological polar surface area (TPSA) is 105 Å². The molecule has 0 aliphatic rings. The molecule has 0 rings (SSSR count). The van der Waals surface area contributed by atoms with Crippen LogP contribution in [0.1, 0.15) is 226 Å². The van der Waals surface area contributed by atoms with Crippen LogP contribution in [0.2, 0.25) is 0 Å². The Morgan fingerprint density at radius 3 is 1.16 bits per heavy atom. The summed E-state index contributed by atoms with van der Waals surface area (Å²) in [4.78, 5) is 23.3. The number of amides is 1. The van der Waals surface area contributed by atoms with E-state index >= 15 is 0 Å². The van der Waals surface area contributed by atoms with E-state index in [1.54, 1.807) is 6.08 Å². The van der Waals surface area contributed by atoms with Crippen LogP contribution in [-0.4, -0.2) is 73.4 Å². The highest BCUT2D eigenvalue weighted by atomic mass is 31.2. The minimum Gasteiger partial charge on any atom is -0.387 e. The maximum absolute atomic E-state index is 13.0. The fourth-order valence-corrected chi connectivity index (χ4v) is 8.86. The van der Waals surface area contributed by atoms with Gasteiger partial charge in [-0.15, -0.1) is 0 Å². The van der Waals surface area contributed by atoms with Gasteiger partial charge in [-0.05, 0) is 116 Å². The molecule has 3 unspecified atom stereocenters. The summed E-state index contributed by atoms with van der Waals surface area (Å²) < 4.78 is 23.7. The van der Waals surface area contributed by atoms with Gasteiger partial charge in [-0.2, -0.15) is 0 Å². The Labute approximate surface area is 486 Å². The van der Waals surface area contributed by atoms with Crippen molar-refractivity contribution in [1.29, 1.82) is 0 Å². The quantitative estimate of drug-likeness (QED) is 0.0243. The summed E-state index contributed by atoms with van der Waals surface area (Å²) >= 11 is 0. The first kappa shape index (κ1) is 75.1. The number of phosphoric ester groups is 1. The second-order valence-electron chi connectivity index (χ2n) is 21.7. The van der Waals surface area contributed by atoms with Crippen molar-refractivity contribution in [2.75, 3.05) is 40.9 Å². The maximum atomic E-state index is 13.0. The zero-order valence-electron chi connectivity index (χ0n) is 51.0. The molecule has 79 heavy (non-hydrogen) atoms. The third kappa shape index (κ3) is 61.6. The number of phosphoric acid groups is 1. The predicted molar refractivity (Wildman–Crippen MR) is 345 cm³/mol. The predicted octanol–water partition coefficient (Wildman–Crippen LogP) is 19.8. The van der Waals surface area contributed by atoms with E-state index in [1.807, 2.05) is 27.2 Å². The number of likely N-dealkylation sites (N-methyl/N-ethyl adjacent to an activating group) is 1. The Hall–Kier alpha value is -3.88. The van der Waals surface area contributed by atoms with Crippen LogP contribution in [0.15, 0.2) is 158 Å². The number of nitrogens with one attached hydrogen (secondary N) is 1. The molecule has 0 aromatic carbocycles. The lowest BCUT2D eigenvalue weighted by molar-refractivity contribution is -0.870. The molecule has 448 valence electrons. The molecule has 0 aromatic heterocycles. The van der Waals surface area contributed by atoms with E-state index in [4.69, 9.17) is 9.05 Å². The van der Waals surface area contributed by atoms with Gasteiger partial charge in [0.2, 0.25) is 5.91 Å². The first-order chi connectivity index (χ1) is 38.5. The summed E-state index contributed by atoms with van der Waals surface area (Å²) in [5, 5.41) is 13.9. The van der Waals surface area contributed by atoms with E-state index in [1.165, 1.54) is 89.9 Å². The Balaban J connectivity index is 4.31. The number of hydrogen-bond acceptors (Lipinski definition) is 5. The molecule has 0 fully saturated rings. The first-order valence-electron chi connectivity index (χ1n) is 31.4. The summed E-state index contributed by atoms with van der Waals surface area (Å²) in [6.07, 6.45) is 92.2. The molecule has 9 heteroatoms. The van der Waals surface area contributed by atoms with Crippen molar-refractivity contribution in [2.24, 2.45) is 0 Å². The van der Waals surface area contributed by atoms with Crippen LogP contribution in [0.25, 0.3) is 0 Å². The van der Waals surface area contributed by atoms with Crippen molar-refractivity contribution < 1.29 is 32.9 Å². The highest BCUT2D eigenvalue weighted by Crippen LogP contribution is 2.43. The van der Waals surface area contributed by atoms with Gasteiger partial charge < -0.3 is 19.8 Å². The van der Waals surface area contributed by atoms with Gasteiger partial charge in [0.05, 0.1) is 39.9 Å². The van der Waals surface area contributed by atoms with Gasteiger partial charge >= 0.3 is 7.82 Å². The largest absolute Gasteiger partial charge is 0.472 e. The zero-order valence-corrected chi connectivity index (χ0v) is 51.9. The van der Waals surface area contributed by atoms with E-state index < -0.39 is 20.0 Å². The fourth-order valence-electron chi connectivity index (χ4n) is 8.12. The summed E-state index contributed by atoms with van der Waals surface area (Å²) in [6, 6.07) is -0.894. The average molecular weight is 1110 g/mol. The van der Waals surface area contributed by atoms with Gasteiger partial charge in [0.15, 0.2) is 0 Å². The molecule has 0 spiro atoms. The standard InChI is InChI=1S/C70H117N2O6P/c1-6-8-10-12-14-16-18-20-22-24-26-28-29-30-31-32-33-34-35-36-37-38-39-40-41-42-43-44-46-48-50-52-54-56-58-60-62-64-70(74)71-68(67-78-79(75,76)77-66-65-72(3,4)5)69(73)63-61-59-57-55-53-51-49-47-45-27-25-23-21-19-17-15-13-11-9-7-2/h8,10,14,16,20,22,26,28,30-31,33-34,36-37,39-40,42-43,46,48,52-55,61,63,68-69,73H,6-7,9,11-13,15,17-19,21,23-25,27,29,32,35,38,41,44-45,47,49-51,56-60,62,64-67H2,1-5H3,(H-,71,74,75,76)/p+1/b10-8-,16-14-,22-20-,28-26-,31-30-,34-33-,37-36-,40-39-,43-42-,48-46-,54-52-,55-53+,63-61+. The molecule has 0 aromatic rings. The number of nitrogens with zero attached hydrogens (tertiary/aromatic N) is 1. The SMILES string of the molecule is CC/C=C\C/C=C\C/C=C\C/C=C\C/C=C\C/C=C\C/C=C\C/C=C\C/C=C\C/C=C\C/C=C\CCCCCC(=O)NC(COP(=O)(O)OCC[N+](C)(C)C)C(O)/C=C/CC/C=C/CCCCCCCCCCCCCCCC. The fraction of sp³-hybridized carbons (Fsp3) is 0.614. The van der Waals surface area contributed by atoms with Crippen LogP contribution < -0.4 is 5.32 Å². The van der Waals surface area contributed by atoms with Crippen molar-refractivity contribution in [3.05, 3.63) is 158 Å². The molecule has 0 aliphatic heterocycles. The lowest BCUT2D eigenvalue weighted by Gasteiger charge is -2.25. The Bertz CT molecular complexity index is 1840. The lowest BCUT2D eigenvalue weighted by atomic mass is 10.0. The van der Waals surface area contributed by atoms with E-state index in [-0.39, 0.29) is 19.1 Å². The Kier molecular flexibility index (Phi) is 55.9. The smallest absolute Gasteiger partial charge is 0.387 e. The van der Waals surface area contributed by atoms with E-state index in [0.717, 1.165) is 109 Å². The van der Waals surface area contributed by atoms with Gasteiger partial charge in [-0.25, -0.2) is 4.57 Å². The van der Waals surface area contributed by atoms with Gasteiger partial charge in [0, 0.05) is 6.42 Å². The van der Waals surface area contributed by atoms with Crippen molar-refractivity contribution >= 4 is 13.7 Å². The van der Waals surface area contributed by atoms with Crippen molar-refractivity contribution in [2.45, 2.75) is 238 Å². The lowest BCUT2D eigenvalue weighted by Crippen LogP contribution is -2.45. The second kappa shape index (κ2) is 58.8. The van der Waals surface area contributed by atoms with Gasteiger partial charge in [-0.3, -0.25) is 13.8 Å². The second-order valence-corrected chi connectivity index (χ2v) is 23.1. The minimum absolute atomic E-state index is 0.0407. The van der Waals surface area contributed by atoms with Crippen LogP contribution in [0, 0.1) is 0 Å². The number of rotatable bonds is 55. The normalized spacial score (nSPS) is 14.9. The molecule has 0 saturated heterocycles. The van der Waals surface area contributed by atoms with E-state index in [9.17, 15) is 19.4 Å². The number of hydrogen-bond donors (Lipinski definition) is 3. The highest BCUT2D eigenvalue weighted by Gasteiger charge is 2.27. The first-order valence-corrected chi connectivity index (χ1v) is 32.9. The number of quaternary nitrogens is 1. The maximum Gasteiger partial charge on any atom is 0.472 e. The van der Waals surface area contributed by atoms with Crippen LogP contribution >= 0.6 is 7.82 Å².